The molecule has 0 saturated heterocycles. The van der Waals surface area contributed by atoms with Gasteiger partial charge in [-0.2, -0.15) is 0 Å². The molecule has 2 heteroatoms. The maximum Gasteiger partial charge on any atom is 0.00312 e. The van der Waals surface area contributed by atoms with Crippen molar-refractivity contribution in [3.05, 3.63) is 11.1 Å². The van der Waals surface area contributed by atoms with Gasteiger partial charge < -0.3 is 5.11 Å². The fraction of sp³-hybridized carbons (Fsp3) is 0.600. The zero-order valence-corrected chi connectivity index (χ0v) is 5.03. The van der Waals surface area contributed by atoms with Crippen molar-refractivity contribution >= 4 is 11.6 Å². The van der Waals surface area contributed by atoms with Crippen LogP contribution in [0.3, 0.4) is 0 Å². The van der Waals surface area contributed by atoms with Gasteiger partial charge in [-0.05, 0) is 13.3 Å². The third-order valence-electron chi connectivity index (χ3n) is 0.683. The van der Waals surface area contributed by atoms with Gasteiger partial charge in [-0.25, -0.2) is 0 Å². The lowest BCUT2D eigenvalue weighted by Gasteiger charge is -1.99. The number of halogens is 1. The molecule has 0 aromatic carbocycles. The van der Waals surface area contributed by atoms with Crippen LogP contribution in [0.15, 0.2) is 11.1 Å². The van der Waals surface area contributed by atoms with Crippen LogP contribution in [0.4, 0.5) is 0 Å². The first kappa shape index (κ1) is 6.99. The summed E-state index contributed by atoms with van der Waals surface area (Å²) in [6.07, 6.45) is 0.573. The first-order chi connectivity index (χ1) is 3.31. The van der Waals surface area contributed by atoms with E-state index in [2.05, 4.69) is 0 Å². The summed E-state index contributed by atoms with van der Waals surface area (Å²) in [7, 11) is 0. The van der Waals surface area contributed by atoms with Gasteiger partial charge in [-0.3, -0.25) is 0 Å². The normalized spacial score (nSPS) is 12.1. The molecule has 0 aliphatic carbocycles. The van der Waals surface area contributed by atoms with Gasteiger partial charge in [-0.15, -0.1) is 6.61 Å². The molecule has 7 heavy (non-hydrogen) atoms. The molecule has 0 saturated carbocycles. The second kappa shape index (κ2) is 4.16. The monoisotopic (exact) mass is 119 g/mol. The highest BCUT2D eigenvalue weighted by Gasteiger charge is 1.77. The predicted molar refractivity (Wildman–Crippen MR) is 29.1 cm³/mol. The molecular weight excluding hydrogens is 112 g/mol. The SMILES string of the molecule is C/C(=C/Cl)CC[O-]. The van der Waals surface area contributed by atoms with Crippen LogP contribution in [0.1, 0.15) is 13.3 Å². The molecule has 1 nitrogen and oxygen atoms in total. The summed E-state index contributed by atoms with van der Waals surface area (Å²) in [5.74, 6) is 0. The van der Waals surface area contributed by atoms with Crippen LogP contribution in [0, 0.1) is 0 Å². The van der Waals surface area contributed by atoms with E-state index in [0.29, 0.717) is 6.42 Å². The minimum absolute atomic E-state index is 0.0605. The molecule has 0 heterocycles. The first-order valence-corrected chi connectivity index (χ1v) is 2.59. The summed E-state index contributed by atoms with van der Waals surface area (Å²) in [6, 6.07) is 0. The maximum atomic E-state index is 9.80. The van der Waals surface area contributed by atoms with Crippen molar-refractivity contribution in [1.82, 2.24) is 0 Å². The molecular formula is C5H8ClO-. The van der Waals surface area contributed by atoms with Crippen molar-refractivity contribution in [2.24, 2.45) is 0 Å². The molecule has 0 N–H and O–H groups in total. The quantitative estimate of drug-likeness (QED) is 0.529. The number of hydrogen-bond donors (Lipinski definition) is 0. The van der Waals surface area contributed by atoms with Crippen molar-refractivity contribution in [2.45, 2.75) is 13.3 Å². The molecule has 42 valence electrons. The van der Waals surface area contributed by atoms with Gasteiger partial charge in [-0.1, -0.05) is 17.2 Å². The average molecular weight is 120 g/mol. The molecule has 0 fully saturated rings. The van der Waals surface area contributed by atoms with E-state index in [4.69, 9.17) is 11.6 Å². The van der Waals surface area contributed by atoms with Gasteiger partial charge in [0.05, 0.1) is 0 Å². The molecule has 0 aromatic rings. The Morgan fingerprint density at radius 1 is 1.86 bits per heavy atom. The van der Waals surface area contributed by atoms with E-state index in [-0.39, 0.29) is 6.61 Å². The van der Waals surface area contributed by atoms with Gasteiger partial charge in [0, 0.05) is 5.54 Å². The van der Waals surface area contributed by atoms with Crippen LogP contribution in [0.25, 0.3) is 0 Å². The molecule has 0 amide bonds. The summed E-state index contributed by atoms with van der Waals surface area (Å²) in [5.41, 5.74) is 2.40. The van der Waals surface area contributed by atoms with Crippen LogP contribution in [0.5, 0.6) is 0 Å². The molecule has 0 rings (SSSR count). The number of hydrogen-bond acceptors (Lipinski definition) is 1. The van der Waals surface area contributed by atoms with Crippen LogP contribution in [-0.4, -0.2) is 6.61 Å². The molecule has 0 radical (unpaired) electrons. The fourth-order valence-corrected chi connectivity index (χ4v) is 0.325. The van der Waals surface area contributed by atoms with E-state index in [1.165, 1.54) is 5.54 Å². The Balaban J connectivity index is 3.17. The standard InChI is InChI=1S/C5H8ClO/c1-5(4-6)2-3-7/h4H,2-3H2,1H3/q-1/b5-4-. The number of rotatable bonds is 2. The Bertz CT molecular complexity index is 68.5. The van der Waals surface area contributed by atoms with Gasteiger partial charge >= 0.3 is 0 Å². The first-order valence-electron chi connectivity index (χ1n) is 2.15. The van der Waals surface area contributed by atoms with Crippen molar-refractivity contribution < 1.29 is 5.11 Å². The Kier molecular flexibility index (Phi) is 4.15. The molecule has 0 aliphatic rings. The smallest absolute Gasteiger partial charge is 0.00312 e. The zero-order valence-electron chi connectivity index (χ0n) is 4.28. The Morgan fingerprint density at radius 2 is 2.43 bits per heavy atom. The van der Waals surface area contributed by atoms with Gasteiger partial charge in [0.25, 0.3) is 0 Å². The maximum absolute atomic E-state index is 9.80. The van der Waals surface area contributed by atoms with Crippen molar-refractivity contribution in [1.29, 1.82) is 0 Å². The lowest BCUT2D eigenvalue weighted by molar-refractivity contribution is -0.366. The molecule has 0 aromatic heterocycles. The van der Waals surface area contributed by atoms with Crippen LogP contribution < -0.4 is 5.11 Å². The molecule has 0 spiro atoms. The topological polar surface area (TPSA) is 23.1 Å². The summed E-state index contributed by atoms with van der Waals surface area (Å²) >= 11 is 5.23. The third kappa shape index (κ3) is 3.83. The van der Waals surface area contributed by atoms with Crippen LogP contribution >= 0.6 is 11.6 Å². The van der Waals surface area contributed by atoms with E-state index < -0.39 is 0 Å². The fourth-order valence-electron chi connectivity index (χ4n) is 0.216. The molecule has 0 aliphatic heterocycles. The van der Waals surface area contributed by atoms with E-state index in [1.807, 2.05) is 6.92 Å². The highest BCUT2D eigenvalue weighted by Crippen LogP contribution is 1.97. The Morgan fingerprint density at radius 3 is 2.57 bits per heavy atom. The van der Waals surface area contributed by atoms with Gasteiger partial charge in [0.15, 0.2) is 0 Å². The summed E-state index contributed by atoms with van der Waals surface area (Å²) in [4.78, 5) is 0. The highest BCUT2D eigenvalue weighted by molar-refractivity contribution is 6.25. The van der Waals surface area contributed by atoms with Gasteiger partial charge in [0.2, 0.25) is 0 Å². The van der Waals surface area contributed by atoms with Gasteiger partial charge in [0.1, 0.15) is 0 Å². The van der Waals surface area contributed by atoms with Crippen molar-refractivity contribution in [3.8, 4) is 0 Å². The van der Waals surface area contributed by atoms with Crippen molar-refractivity contribution in [2.75, 3.05) is 6.61 Å². The van der Waals surface area contributed by atoms with E-state index in [9.17, 15) is 5.11 Å². The second-order valence-electron chi connectivity index (χ2n) is 1.41. The average Bonchev–Trinajstić information content (AvgIpc) is 1.68. The minimum atomic E-state index is -0.0605. The van der Waals surface area contributed by atoms with Crippen LogP contribution in [0.2, 0.25) is 0 Å². The Hall–Kier alpha value is -0.0100. The summed E-state index contributed by atoms with van der Waals surface area (Å²) in [5, 5.41) is 9.80. The predicted octanol–water partition coefficient (Wildman–Crippen LogP) is 0.879. The lowest BCUT2D eigenvalue weighted by atomic mass is 10.3. The van der Waals surface area contributed by atoms with E-state index in [1.54, 1.807) is 0 Å². The largest absolute Gasteiger partial charge is 0.854 e. The molecule has 0 atom stereocenters. The zero-order chi connectivity index (χ0) is 5.70. The minimum Gasteiger partial charge on any atom is -0.854 e. The lowest BCUT2D eigenvalue weighted by Crippen LogP contribution is -2.04. The second-order valence-corrected chi connectivity index (χ2v) is 1.63. The molecule has 0 bridgehead atoms. The summed E-state index contributed by atoms with van der Waals surface area (Å²) in [6.45, 7) is 1.78. The Labute approximate surface area is 48.6 Å². The van der Waals surface area contributed by atoms with E-state index >= 15 is 0 Å². The highest BCUT2D eigenvalue weighted by atomic mass is 35.5. The third-order valence-corrected chi connectivity index (χ3v) is 1.06. The summed E-state index contributed by atoms with van der Waals surface area (Å²) < 4.78 is 0. The molecule has 0 unspecified atom stereocenters. The van der Waals surface area contributed by atoms with Crippen LogP contribution in [-0.2, 0) is 0 Å². The van der Waals surface area contributed by atoms with Crippen molar-refractivity contribution in [3.63, 3.8) is 0 Å². The van der Waals surface area contributed by atoms with E-state index in [0.717, 1.165) is 5.57 Å².